The third-order valence-electron chi connectivity index (χ3n) is 7.22. The highest BCUT2D eigenvalue weighted by Crippen LogP contribution is 2.52. The second-order valence-corrected chi connectivity index (χ2v) is 9.31. The van der Waals surface area contributed by atoms with E-state index in [1.165, 1.54) is 97.4 Å². The molecule has 2 heterocycles. The van der Waals surface area contributed by atoms with Crippen LogP contribution in [-0.2, 0) is 4.79 Å². The number of carbonyl (C=O) groups is 1. The van der Waals surface area contributed by atoms with E-state index in [9.17, 15) is 4.79 Å². The number of nitrogens with one attached hydrogen (secondary N) is 1. The Labute approximate surface area is 166 Å². The lowest BCUT2D eigenvalue weighted by molar-refractivity contribution is -0.121. The van der Waals surface area contributed by atoms with Crippen LogP contribution in [0, 0.1) is 11.3 Å². The van der Waals surface area contributed by atoms with Gasteiger partial charge in [0.1, 0.15) is 0 Å². The topological polar surface area (TPSA) is 38.8 Å². The van der Waals surface area contributed by atoms with Crippen molar-refractivity contribution in [1.82, 2.24) is 20.0 Å². The van der Waals surface area contributed by atoms with Gasteiger partial charge in [0.05, 0.1) is 0 Å². The summed E-state index contributed by atoms with van der Waals surface area (Å²) >= 11 is 0. The molecular weight excluding hydrogens is 336 g/mol. The van der Waals surface area contributed by atoms with Gasteiger partial charge in [-0.25, -0.2) is 0 Å². The second kappa shape index (κ2) is 10.2. The molecule has 1 aliphatic carbocycles. The van der Waals surface area contributed by atoms with Gasteiger partial charge in [0.15, 0.2) is 0 Å². The fourth-order valence-electron chi connectivity index (χ4n) is 5.42. The van der Waals surface area contributed by atoms with Crippen LogP contribution in [0.3, 0.4) is 0 Å². The van der Waals surface area contributed by atoms with Gasteiger partial charge in [0.2, 0.25) is 5.91 Å². The summed E-state index contributed by atoms with van der Waals surface area (Å²) in [6.45, 7) is 16.6. The molecule has 3 rings (SSSR count). The maximum atomic E-state index is 11.4. The minimum atomic E-state index is 0.206. The number of amides is 1. The van der Waals surface area contributed by atoms with Gasteiger partial charge in [-0.1, -0.05) is 13.8 Å². The molecule has 156 valence electrons. The quantitative estimate of drug-likeness (QED) is 0.669. The highest BCUT2D eigenvalue weighted by atomic mass is 16.1. The number of piperidine rings is 1. The molecule has 2 aliphatic heterocycles. The van der Waals surface area contributed by atoms with E-state index in [4.69, 9.17) is 0 Å². The van der Waals surface area contributed by atoms with E-state index in [0.29, 0.717) is 11.8 Å². The zero-order chi connectivity index (χ0) is 19.1. The Bertz CT molecular complexity index is 445. The van der Waals surface area contributed by atoms with Crippen molar-refractivity contribution in [2.45, 2.75) is 58.8 Å². The molecule has 1 spiro atoms. The standard InChI is InChI=1S/C22H42N4O/c1-3-8-24-13-15-26(16-14-24)10-5-9-25-11-6-22(7-12-25)17-20(18-22)19-23-21(27)4-2/h20H,3-19H2,1-2H3,(H,23,27). The van der Waals surface area contributed by atoms with Gasteiger partial charge >= 0.3 is 0 Å². The van der Waals surface area contributed by atoms with Crippen molar-refractivity contribution in [2.75, 3.05) is 65.4 Å². The summed E-state index contributed by atoms with van der Waals surface area (Å²) in [7, 11) is 0. The second-order valence-electron chi connectivity index (χ2n) is 9.31. The Kier molecular flexibility index (Phi) is 7.97. The molecular formula is C22H42N4O. The summed E-state index contributed by atoms with van der Waals surface area (Å²) in [5, 5.41) is 3.08. The predicted octanol–water partition coefficient (Wildman–Crippen LogP) is 2.42. The zero-order valence-corrected chi connectivity index (χ0v) is 17.8. The Morgan fingerprint density at radius 3 is 2.00 bits per heavy atom. The summed E-state index contributed by atoms with van der Waals surface area (Å²) in [6, 6.07) is 0. The lowest BCUT2D eigenvalue weighted by Crippen LogP contribution is -2.50. The maximum absolute atomic E-state index is 11.4. The van der Waals surface area contributed by atoms with Gasteiger partial charge in [-0.15, -0.1) is 0 Å². The van der Waals surface area contributed by atoms with Crippen molar-refractivity contribution in [1.29, 1.82) is 0 Å². The predicted molar refractivity (Wildman–Crippen MR) is 112 cm³/mol. The number of nitrogens with zero attached hydrogens (tertiary/aromatic N) is 3. The van der Waals surface area contributed by atoms with Crippen LogP contribution in [0.5, 0.6) is 0 Å². The zero-order valence-electron chi connectivity index (χ0n) is 17.8. The van der Waals surface area contributed by atoms with Crippen LogP contribution in [0.15, 0.2) is 0 Å². The number of carbonyl (C=O) groups excluding carboxylic acids is 1. The molecule has 0 bridgehead atoms. The largest absolute Gasteiger partial charge is 0.356 e. The Hall–Kier alpha value is -0.650. The third-order valence-corrected chi connectivity index (χ3v) is 7.22. The SMILES string of the molecule is CCCN1CCN(CCCN2CCC3(CC2)CC(CNC(=O)CC)C3)CC1. The summed E-state index contributed by atoms with van der Waals surface area (Å²) in [6.07, 6.45) is 8.65. The van der Waals surface area contributed by atoms with Crippen molar-refractivity contribution in [3.63, 3.8) is 0 Å². The number of likely N-dealkylation sites (tertiary alicyclic amines) is 1. The third kappa shape index (κ3) is 6.16. The highest BCUT2D eigenvalue weighted by Gasteiger charge is 2.45. The molecule has 0 unspecified atom stereocenters. The number of hydrogen-bond donors (Lipinski definition) is 1. The summed E-state index contributed by atoms with van der Waals surface area (Å²) in [4.78, 5) is 19.4. The van der Waals surface area contributed by atoms with Gasteiger partial charge in [-0.3, -0.25) is 4.79 Å². The molecule has 2 saturated heterocycles. The first-order valence-electron chi connectivity index (χ1n) is 11.6. The smallest absolute Gasteiger partial charge is 0.219 e. The van der Waals surface area contributed by atoms with Crippen LogP contribution in [0.1, 0.15) is 58.8 Å². The molecule has 5 nitrogen and oxygen atoms in total. The van der Waals surface area contributed by atoms with Crippen LogP contribution in [0.25, 0.3) is 0 Å². The molecule has 0 aromatic rings. The molecule has 1 N–H and O–H groups in total. The summed E-state index contributed by atoms with van der Waals surface area (Å²) in [5.41, 5.74) is 0.619. The average Bonchev–Trinajstić information content (AvgIpc) is 2.67. The highest BCUT2D eigenvalue weighted by molar-refractivity contribution is 5.75. The van der Waals surface area contributed by atoms with Gasteiger partial charge < -0.3 is 20.0 Å². The number of rotatable bonds is 9. The molecule has 3 fully saturated rings. The van der Waals surface area contributed by atoms with Gasteiger partial charge in [-0.2, -0.15) is 0 Å². The molecule has 0 aromatic heterocycles. The van der Waals surface area contributed by atoms with Crippen LogP contribution in [0.4, 0.5) is 0 Å². The molecule has 3 aliphatic rings. The van der Waals surface area contributed by atoms with Crippen LogP contribution in [0.2, 0.25) is 0 Å². The van der Waals surface area contributed by atoms with Crippen molar-refractivity contribution >= 4 is 5.91 Å². The minimum absolute atomic E-state index is 0.206. The average molecular weight is 379 g/mol. The van der Waals surface area contributed by atoms with Gasteiger partial charge in [0, 0.05) is 39.1 Å². The number of hydrogen-bond acceptors (Lipinski definition) is 4. The molecule has 0 radical (unpaired) electrons. The van der Waals surface area contributed by atoms with Gasteiger partial charge in [-0.05, 0) is 82.6 Å². The van der Waals surface area contributed by atoms with E-state index in [0.717, 1.165) is 12.5 Å². The Morgan fingerprint density at radius 2 is 1.44 bits per heavy atom. The van der Waals surface area contributed by atoms with Crippen molar-refractivity contribution in [3.8, 4) is 0 Å². The fraction of sp³-hybridized carbons (Fsp3) is 0.955. The van der Waals surface area contributed by atoms with Gasteiger partial charge in [0.25, 0.3) is 0 Å². The van der Waals surface area contributed by atoms with E-state index in [2.05, 4.69) is 26.9 Å². The normalized spacial score (nSPS) is 24.8. The molecule has 5 heteroatoms. The Balaban J connectivity index is 1.23. The first kappa shape index (κ1) is 21.1. The molecule has 0 aromatic carbocycles. The minimum Gasteiger partial charge on any atom is -0.356 e. The van der Waals surface area contributed by atoms with E-state index >= 15 is 0 Å². The summed E-state index contributed by atoms with van der Waals surface area (Å²) < 4.78 is 0. The molecule has 27 heavy (non-hydrogen) atoms. The lowest BCUT2D eigenvalue weighted by Gasteiger charge is -2.52. The van der Waals surface area contributed by atoms with E-state index in [1.54, 1.807) is 0 Å². The van der Waals surface area contributed by atoms with Crippen LogP contribution in [-0.4, -0.2) is 86.1 Å². The monoisotopic (exact) mass is 378 g/mol. The van der Waals surface area contributed by atoms with E-state index in [-0.39, 0.29) is 5.91 Å². The first-order chi connectivity index (χ1) is 13.1. The summed E-state index contributed by atoms with van der Waals surface area (Å²) in [5.74, 6) is 0.941. The maximum Gasteiger partial charge on any atom is 0.219 e. The molecule has 1 saturated carbocycles. The van der Waals surface area contributed by atoms with Crippen molar-refractivity contribution in [2.24, 2.45) is 11.3 Å². The van der Waals surface area contributed by atoms with Crippen LogP contribution >= 0.6 is 0 Å². The fourth-order valence-corrected chi connectivity index (χ4v) is 5.42. The number of piperazine rings is 1. The molecule has 0 atom stereocenters. The van der Waals surface area contributed by atoms with E-state index < -0.39 is 0 Å². The first-order valence-corrected chi connectivity index (χ1v) is 11.6. The molecule has 1 amide bonds. The van der Waals surface area contributed by atoms with E-state index in [1.807, 2.05) is 6.92 Å². The van der Waals surface area contributed by atoms with Crippen LogP contribution < -0.4 is 5.32 Å². The van der Waals surface area contributed by atoms with Crippen molar-refractivity contribution < 1.29 is 4.79 Å². The lowest BCUT2D eigenvalue weighted by atomic mass is 9.57. The van der Waals surface area contributed by atoms with Crippen molar-refractivity contribution in [3.05, 3.63) is 0 Å². The Morgan fingerprint density at radius 1 is 0.889 bits per heavy atom.